The van der Waals surface area contributed by atoms with Crippen LogP contribution < -0.4 is 5.01 Å². The van der Waals surface area contributed by atoms with Gasteiger partial charge in [-0.1, -0.05) is 78.1 Å². The number of nitrogens with zero attached hydrogens (tertiary/aromatic N) is 3. The molecule has 2 aromatic carbocycles. The maximum atomic E-state index is 11.9. The minimum absolute atomic E-state index is 0.182. The second-order valence-electron chi connectivity index (χ2n) is 5.24. The van der Waals surface area contributed by atoms with Crippen LogP contribution in [0.25, 0.3) is 16.5 Å². The van der Waals surface area contributed by atoms with E-state index in [1.165, 1.54) is 23.3 Å². The average Bonchev–Trinajstić information content (AvgIpc) is 3.12. The molecule has 4 nitrogen and oxygen atoms in total. The maximum absolute atomic E-state index is 11.9. The number of carbonyl (C=O) groups excluding carboxylic acids is 1. The number of thiazole rings is 1. The Morgan fingerprint density at radius 2 is 1.76 bits per heavy atom. The van der Waals surface area contributed by atoms with Gasteiger partial charge in [0.15, 0.2) is 0 Å². The molecule has 0 saturated heterocycles. The molecule has 0 fully saturated rings. The van der Waals surface area contributed by atoms with E-state index in [0.717, 1.165) is 16.0 Å². The lowest BCUT2D eigenvalue weighted by molar-refractivity contribution is -0.116. The third kappa shape index (κ3) is 4.49. The fourth-order valence-corrected chi connectivity index (χ4v) is 3.11. The van der Waals surface area contributed by atoms with Crippen molar-refractivity contribution in [2.24, 2.45) is 5.10 Å². The Morgan fingerprint density at radius 3 is 2.44 bits per heavy atom. The molecule has 1 amide bonds. The number of amides is 1. The van der Waals surface area contributed by atoms with E-state index < -0.39 is 0 Å². The first kappa shape index (κ1) is 16.8. The molecule has 3 aromatic rings. The molecule has 3 rings (SSSR count). The highest BCUT2D eigenvalue weighted by molar-refractivity contribution is 7.19. The summed E-state index contributed by atoms with van der Waals surface area (Å²) in [5.41, 5.74) is 2.15. The van der Waals surface area contributed by atoms with Crippen LogP contribution in [0.1, 0.15) is 12.5 Å². The molecule has 1 aromatic heterocycles. The minimum atomic E-state index is -0.182. The normalized spacial score (nSPS) is 11.2. The first-order chi connectivity index (χ1) is 12.2. The lowest BCUT2D eigenvalue weighted by atomic mass is 10.2. The number of hydrogen-bond acceptors (Lipinski definition) is 4. The van der Waals surface area contributed by atoms with Crippen molar-refractivity contribution in [2.45, 2.75) is 6.92 Å². The van der Waals surface area contributed by atoms with Crippen LogP contribution in [0.15, 0.2) is 78.0 Å². The van der Waals surface area contributed by atoms with Gasteiger partial charge < -0.3 is 0 Å². The first-order valence-corrected chi connectivity index (χ1v) is 8.63. The molecule has 0 aliphatic rings. The van der Waals surface area contributed by atoms with Gasteiger partial charge in [-0.25, -0.2) is 4.98 Å². The van der Waals surface area contributed by atoms with Crippen molar-refractivity contribution < 1.29 is 4.79 Å². The standard InChI is InChI=1S/C20H17N3OS/c1-16(24)23(22-14-8-11-17-9-4-2-5-10-17)20-21-15-19(25-20)18-12-6-3-7-13-18/h2-15H,1H3. The highest BCUT2D eigenvalue weighted by Gasteiger charge is 2.14. The second-order valence-corrected chi connectivity index (χ2v) is 6.25. The van der Waals surface area contributed by atoms with Crippen LogP contribution in [0.3, 0.4) is 0 Å². The number of hydrogen-bond donors (Lipinski definition) is 0. The number of aromatic nitrogens is 1. The van der Waals surface area contributed by atoms with Crippen molar-refractivity contribution in [3.8, 4) is 10.4 Å². The summed E-state index contributed by atoms with van der Waals surface area (Å²) in [7, 11) is 0. The van der Waals surface area contributed by atoms with E-state index in [1.54, 1.807) is 18.5 Å². The number of hydrazone groups is 1. The smallest absolute Gasteiger partial charge is 0.246 e. The van der Waals surface area contributed by atoms with Gasteiger partial charge >= 0.3 is 0 Å². The molecule has 1 heterocycles. The number of carbonyl (C=O) groups is 1. The molecule has 25 heavy (non-hydrogen) atoms. The van der Waals surface area contributed by atoms with Crippen LogP contribution >= 0.6 is 11.3 Å². The molecule has 0 spiro atoms. The zero-order valence-corrected chi connectivity index (χ0v) is 14.6. The van der Waals surface area contributed by atoms with Gasteiger partial charge in [0.2, 0.25) is 11.0 Å². The van der Waals surface area contributed by atoms with Crippen molar-refractivity contribution in [1.29, 1.82) is 0 Å². The van der Waals surface area contributed by atoms with Crippen molar-refractivity contribution in [3.05, 3.63) is 78.5 Å². The average molecular weight is 347 g/mol. The highest BCUT2D eigenvalue weighted by Crippen LogP contribution is 2.31. The molecule has 124 valence electrons. The van der Waals surface area contributed by atoms with Crippen molar-refractivity contribution in [1.82, 2.24) is 4.98 Å². The van der Waals surface area contributed by atoms with E-state index in [1.807, 2.05) is 66.7 Å². The minimum Gasteiger partial charge on any atom is -0.273 e. The fraction of sp³-hybridized carbons (Fsp3) is 0.0500. The van der Waals surface area contributed by atoms with E-state index in [9.17, 15) is 4.79 Å². The Hall–Kier alpha value is -3.05. The zero-order valence-electron chi connectivity index (χ0n) is 13.7. The number of allylic oxidation sites excluding steroid dienone is 1. The Bertz CT molecular complexity index is 886. The maximum Gasteiger partial charge on any atom is 0.246 e. The lowest BCUT2D eigenvalue weighted by Gasteiger charge is -2.09. The topological polar surface area (TPSA) is 45.6 Å². The Morgan fingerprint density at radius 1 is 1.08 bits per heavy atom. The highest BCUT2D eigenvalue weighted by atomic mass is 32.1. The molecule has 0 N–H and O–H groups in total. The molecule has 0 atom stereocenters. The van der Waals surface area contributed by atoms with E-state index in [0.29, 0.717) is 5.13 Å². The molecule has 0 radical (unpaired) electrons. The van der Waals surface area contributed by atoms with Crippen LogP contribution in [0.5, 0.6) is 0 Å². The van der Waals surface area contributed by atoms with Crippen LogP contribution in [0, 0.1) is 0 Å². The molecule has 5 heteroatoms. The summed E-state index contributed by atoms with van der Waals surface area (Å²) in [5, 5.41) is 6.10. The van der Waals surface area contributed by atoms with Crippen LogP contribution in [-0.4, -0.2) is 17.1 Å². The Labute approximate surface area is 150 Å². The monoisotopic (exact) mass is 347 g/mol. The molecule has 0 saturated carbocycles. The van der Waals surface area contributed by atoms with Crippen molar-refractivity contribution in [3.63, 3.8) is 0 Å². The predicted molar refractivity (Wildman–Crippen MR) is 105 cm³/mol. The number of rotatable bonds is 5. The SMILES string of the molecule is CC(=O)N(N=CC=Cc1ccccc1)c1ncc(-c2ccccc2)s1. The van der Waals surface area contributed by atoms with Gasteiger partial charge in [-0.15, -0.1) is 0 Å². The summed E-state index contributed by atoms with van der Waals surface area (Å²) in [4.78, 5) is 17.2. The third-order valence-electron chi connectivity index (χ3n) is 3.39. The van der Waals surface area contributed by atoms with Crippen molar-refractivity contribution in [2.75, 3.05) is 5.01 Å². The zero-order chi connectivity index (χ0) is 17.5. The third-order valence-corrected chi connectivity index (χ3v) is 4.41. The van der Waals surface area contributed by atoms with Gasteiger partial charge in [-0.05, 0) is 17.2 Å². The van der Waals surface area contributed by atoms with Crippen molar-refractivity contribution >= 4 is 34.7 Å². The van der Waals surface area contributed by atoms with Gasteiger partial charge in [-0.2, -0.15) is 10.1 Å². The van der Waals surface area contributed by atoms with Crippen LogP contribution in [0.2, 0.25) is 0 Å². The number of anilines is 1. The molecule has 0 unspecified atom stereocenters. The summed E-state index contributed by atoms with van der Waals surface area (Å²) in [6.07, 6.45) is 7.09. The Kier molecular flexibility index (Phi) is 5.49. The first-order valence-electron chi connectivity index (χ1n) is 7.81. The Balaban J connectivity index is 1.76. The van der Waals surface area contributed by atoms with Gasteiger partial charge in [0, 0.05) is 19.3 Å². The summed E-state index contributed by atoms with van der Waals surface area (Å²) in [6.45, 7) is 1.47. The molecule has 0 bridgehead atoms. The van der Waals surface area contributed by atoms with E-state index in [4.69, 9.17) is 0 Å². The summed E-state index contributed by atoms with van der Waals surface area (Å²) < 4.78 is 0. The molecular formula is C20H17N3OS. The van der Waals surface area contributed by atoms with E-state index in [-0.39, 0.29) is 5.91 Å². The fourth-order valence-electron chi connectivity index (χ4n) is 2.19. The molecule has 0 aliphatic heterocycles. The number of benzene rings is 2. The summed E-state index contributed by atoms with van der Waals surface area (Å²) in [6, 6.07) is 19.9. The van der Waals surface area contributed by atoms with Gasteiger partial charge in [-0.3, -0.25) is 4.79 Å². The van der Waals surface area contributed by atoms with Gasteiger partial charge in [0.25, 0.3) is 0 Å². The van der Waals surface area contributed by atoms with E-state index in [2.05, 4.69) is 10.1 Å². The van der Waals surface area contributed by atoms with Gasteiger partial charge in [0.1, 0.15) is 0 Å². The van der Waals surface area contributed by atoms with Crippen LogP contribution in [-0.2, 0) is 4.79 Å². The largest absolute Gasteiger partial charge is 0.273 e. The quantitative estimate of drug-likeness (QED) is 0.488. The predicted octanol–water partition coefficient (Wildman–Crippen LogP) is 4.86. The lowest BCUT2D eigenvalue weighted by Crippen LogP contribution is -2.21. The van der Waals surface area contributed by atoms with E-state index >= 15 is 0 Å². The second kappa shape index (κ2) is 8.17. The van der Waals surface area contributed by atoms with Gasteiger partial charge in [0.05, 0.1) is 4.88 Å². The van der Waals surface area contributed by atoms with Crippen LogP contribution in [0.4, 0.5) is 5.13 Å². The summed E-state index contributed by atoms with van der Waals surface area (Å²) in [5.74, 6) is -0.182. The molecule has 0 aliphatic carbocycles. The molecular weight excluding hydrogens is 330 g/mol. The summed E-state index contributed by atoms with van der Waals surface area (Å²) >= 11 is 1.43.